The van der Waals surface area contributed by atoms with Gasteiger partial charge in [-0.1, -0.05) is 28.4 Å². The number of carbonyl (C=O) groups excluding carboxylic acids is 2. The lowest BCUT2D eigenvalue weighted by molar-refractivity contribution is 0.103. The van der Waals surface area contributed by atoms with Gasteiger partial charge in [0.05, 0.1) is 34.1 Å². The van der Waals surface area contributed by atoms with Crippen LogP contribution in [0.25, 0.3) is 0 Å². The van der Waals surface area contributed by atoms with Crippen molar-refractivity contribution in [2.45, 2.75) is 25.7 Å². The molecular weight excluding hydrogens is 367 g/mol. The van der Waals surface area contributed by atoms with E-state index in [1.807, 2.05) is 0 Å². The second kappa shape index (κ2) is 7.06. The Morgan fingerprint density at radius 3 is 2.68 bits per heavy atom. The van der Waals surface area contributed by atoms with Gasteiger partial charge >= 0.3 is 6.09 Å². The monoisotopic (exact) mass is 382 g/mol. The first kappa shape index (κ1) is 17.8. The van der Waals surface area contributed by atoms with Gasteiger partial charge in [0.1, 0.15) is 0 Å². The summed E-state index contributed by atoms with van der Waals surface area (Å²) >= 11 is 12.4. The third-order valence-electron chi connectivity index (χ3n) is 3.98. The molecule has 1 aliphatic rings. The number of hydrogen-bond acceptors (Lipinski definition) is 5. The normalized spacial score (nSPS) is 13.6. The van der Waals surface area contributed by atoms with Crippen molar-refractivity contribution in [3.63, 3.8) is 0 Å². The molecule has 1 aliphatic carbocycles. The summed E-state index contributed by atoms with van der Waals surface area (Å²) in [6.45, 7) is 1.89. The van der Waals surface area contributed by atoms with Crippen LogP contribution < -0.4 is 4.90 Å². The molecule has 2 aromatic rings. The van der Waals surface area contributed by atoms with Crippen LogP contribution in [-0.4, -0.2) is 30.7 Å². The zero-order valence-corrected chi connectivity index (χ0v) is 15.2. The minimum Gasteiger partial charge on any atom is -0.449 e. The van der Waals surface area contributed by atoms with Gasteiger partial charge in [0.15, 0.2) is 11.5 Å². The number of hydrogen-bond donors (Lipinski definition) is 0. The lowest BCUT2D eigenvalue weighted by Crippen LogP contribution is -2.29. The van der Waals surface area contributed by atoms with Crippen LogP contribution in [0.1, 0.15) is 47.4 Å². The summed E-state index contributed by atoms with van der Waals surface area (Å²) in [6.07, 6.45) is 2.69. The molecule has 1 fully saturated rings. The largest absolute Gasteiger partial charge is 0.449 e. The second-order valence-corrected chi connectivity index (χ2v) is 6.51. The van der Waals surface area contributed by atoms with Crippen LogP contribution in [0.5, 0.6) is 0 Å². The topological polar surface area (TPSA) is 72.6 Å². The maximum Gasteiger partial charge on any atom is 0.414 e. The van der Waals surface area contributed by atoms with Gasteiger partial charge < -0.3 is 9.26 Å². The van der Waals surface area contributed by atoms with E-state index in [1.165, 1.54) is 30.3 Å². The van der Waals surface area contributed by atoms with Crippen molar-refractivity contribution in [3.05, 3.63) is 45.3 Å². The smallest absolute Gasteiger partial charge is 0.414 e. The second-order valence-electron chi connectivity index (χ2n) is 5.72. The molecule has 0 unspecified atom stereocenters. The molecule has 6 nitrogen and oxygen atoms in total. The zero-order chi connectivity index (χ0) is 18.1. The number of nitrogens with zero attached hydrogens (tertiary/aromatic N) is 2. The van der Waals surface area contributed by atoms with Crippen LogP contribution in [0, 0.1) is 0 Å². The molecule has 3 rings (SSSR count). The Morgan fingerprint density at radius 1 is 1.32 bits per heavy atom. The van der Waals surface area contributed by atoms with Gasteiger partial charge in [-0.05, 0) is 31.9 Å². The highest BCUT2D eigenvalue weighted by Gasteiger charge is 2.34. The van der Waals surface area contributed by atoms with Crippen molar-refractivity contribution in [2.75, 3.05) is 18.6 Å². The Labute approximate surface area is 154 Å². The molecule has 1 heterocycles. The van der Waals surface area contributed by atoms with E-state index in [-0.39, 0.29) is 39.6 Å². The quantitative estimate of drug-likeness (QED) is 0.701. The molecule has 0 radical (unpaired) electrons. The molecule has 0 N–H and O–H groups in total. The fourth-order valence-electron chi connectivity index (χ4n) is 2.57. The molecule has 8 heteroatoms. The van der Waals surface area contributed by atoms with E-state index in [4.69, 9.17) is 32.5 Å². The summed E-state index contributed by atoms with van der Waals surface area (Å²) in [5.41, 5.74) is 0.801. The van der Waals surface area contributed by atoms with Crippen LogP contribution in [0.2, 0.25) is 10.0 Å². The average Bonchev–Trinajstić information content (AvgIpc) is 3.33. The van der Waals surface area contributed by atoms with Gasteiger partial charge in [-0.25, -0.2) is 4.79 Å². The Kier molecular flexibility index (Phi) is 5.01. The number of benzene rings is 1. The highest BCUT2D eigenvalue weighted by atomic mass is 35.5. The van der Waals surface area contributed by atoms with Crippen LogP contribution in [0.15, 0.2) is 22.9 Å². The average molecular weight is 383 g/mol. The summed E-state index contributed by atoms with van der Waals surface area (Å²) in [6, 6.07) is 3.05. The summed E-state index contributed by atoms with van der Waals surface area (Å²) in [5.74, 6) is 0.462. The summed E-state index contributed by atoms with van der Waals surface area (Å²) in [7, 11) is 1.47. The van der Waals surface area contributed by atoms with Crippen molar-refractivity contribution in [3.8, 4) is 0 Å². The molecule has 0 atom stereocenters. The highest BCUT2D eigenvalue weighted by Crippen LogP contribution is 2.43. The number of anilines is 1. The number of halogens is 2. The summed E-state index contributed by atoms with van der Waals surface area (Å²) < 4.78 is 10.2. The first-order valence-electron chi connectivity index (χ1n) is 7.83. The van der Waals surface area contributed by atoms with Crippen molar-refractivity contribution in [1.29, 1.82) is 0 Å². The zero-order valence-electron chi connectivity index (χ0n) is 13.7. The van der Waals surface area contributed by atoms with Gasteiger partial charge in [0, 0.05) is 18.5 Å². The van der Waals surface area contributed by atoms with Crippen LogP contribution >= 0.6 is 23.2 Å². The molecule has 1 amide bonds. The predicted molar refractivity (Wildman–Crippen MR) is 93.8 cm³/mol. The Morgan fingerprint density at radius 2 is 2.04 bits per heavy atom. The Bertz CT molecular complexity index is 830. The third kappa shape index (κ3) is 3.37. The van der Waals surface area contributed by atoms with Gasteiger partial charge in [-0.2, -0.15) is 0 Å². The first-order chi connectivity index (χ1) is 12.0. The SMILES string of the molecule is CCOC(=O)N(C)c1c(C(=O)c2cnoc2C2CC2)ccc(Cl)c1Cl. The molecule has 0 saturated heterocycles. The van der Waals surface area contributed by atoms with Gasteiger partial charge in [-0.15, -0.1) is 0 Å². The van der Waals surface area contributed by atoms with E-state index >= 15 is 0 Å². The number of ketones is 1. The van der Waals surface area contributed by atoms with E-state index in [0.717, 1.165) is 12.8 Å². The molecule has 1 aromatic heterocycles. The Hall–Kier alpha value is -2.05. The third-order valence-corrected chi connectivity index (χ3v) is 4.78. The minimum atomic E-state index is -0.631. The molecule has 0 aliphatic heterocycles. The van der Waals surface area contributed by atoms with Crippen molar-refractivity contribution >= 4 is 40.8 Å². The predicted octanol–water partition coefficient (Wildman–Crippen LogP) is 4.68. The number of rotatable bonds is 5. The standard InChI is InChI=1S/C17H16Cl2N2O4/c1-3-24-17(23)21(2)14-10(6-7-12(18)13(14)19)15(22)11-8-20-25-16(11)9-4-5-9/h6-9H,3-5H2,1-2H3. The maximum atomic E-state index is 13.0. The van der Waals surface area contributed by atoms with Crippen LogP contribution in [-0.2, 0) is 4.74 Å². The lowest BCUT2D eigenvalue weighted by Gasteiger charge is -2.21. The Balaban J connectivity index is 2.06. The molecule has 1 saturated carbocycles. The van der Waals surface area contributed by atoms with Crippen molar-refractivity contribution in [2.24, 2.45) is 0 Å². The number of ether oxygens (including phenoxy) is 1. The van der Waals surface area contributed by atoms with E-state index in [1.54, 1.807) is 6.92 Å². The lowest BCUT2D eigenvalue weighted by atomic mass is 10.0. The highest BCUT2D eigenvalue weighted by molar-refractivity contribution is 6.44. The fraction of sp³-hybridized carbons (Fsp3) is 0.353. The number of aromatic nitrogens is 1. The van der Waals surface area contributed by atoms with Gasteiger partial charge in [0.2, 0.25) is 0 Å². The van der Waals surface area contributed by atoms with Crippen LogP contribution in [0.3, 0.4) is 0 Å². The van der Waals surface area contributed by atoms with E-state index in [2.05, 4.69) is 5.16 Å². The van der Waals surface area contributed by atoms with E-state index in [0.29, 0.717) is 11.3 Å². The van der Waals surface area contributed by atoms with E-state index < -0.39 is 6.09 Å². The molecule has 25 heavy (non-hydrogen) atoms. The molecule has 132 valence electrons. The number of amides is 1. The van der Waals surface area contributed by atoms with E-state index in [9.17, 15) is 9.59 Å². The summed E-state index contributed by atoms with van der Waals surface area (Å²) in [5, 5.41) is 4.09. The molecule has 1 aromatic carbocycles. The molecular formula is C17H16Cl2N2O4. The maximum absolute atomic E-state index is 13.0. The minimum absolute atomic E-state index is 0.104. The molecule has 0 spiro atoms. The summed E-state index contributed by atoms with van der Waals surface area (Å²) in [4.78, 5) is 26.3. The fourth-order valence-corrected chi connectivity index (χ4v) is 3.01. The van der Waals surface area contributed by atoms with Gasteiger partial charge in [-0.3, -0.25) is 9.69 Å². The van der Waals surface area contributed by atoms with Gasteiger partial charge in [0.25, 0.3) is 0 Å². The van der Waals surface area contributed by atoms with Crippen LogP contribution in [0.4, 0.5) is 10.5 Å². The number of carbonyl (C=O) groups is 2. The molecule has 0 bridgehead atoms. The van der Waals surface area contributed by atoms with Crippen molar-refractivity contribution < 1.29 is 18.8 Å². The van der Waals surface area contributed by atoms with Crippen molar-refractivity contribution in [1.82, 2.24) is 5.16 Å². The first-order valence-corrected chi connectivity index (χ1v) is 8.59.